The summed E-state index contributed by atoms with van der Waals surface area (Å²) in [5.41, 5.74) is 0. The molecule has 172 valence electrons. The van der Waals surface area contributed by atoms with E-state index in [1.54, 1.807) is 0 Å². The van der Waals surface area contributed by atoms with Gasteiger partial charge in [-0.1, -0.05) is 77.9 Å². The molecule has 0 N–H and O–H groups in total. The number of carbonyl (C=O) groups excluding carboxylic acids is 1. The first-order valence-electron chi connectivity index (χ1n) is 12.1. The summed E-state index contributed by atoms with van der Waals surface area (Å²) >= 11 is 0. The van der Waals surface area contributed by atoms with Crippen molar-refractivity contribution in [2.75, 3.05) is 13.7 Å². The van der Waals surface area contributed by atoms with Gasteiger partial charge in [0.15, 0.2) is 8.32 Å². The van der Waals surface area contributed by atoms with Crippen molar-refractivity contribution in [3.63, 3.8) is 0 Å². The molecule has 0 fully saturated rings. The lowest BCUT2D eigenvalue weighted by molar-refractivity contribution is -0.140. The number of carbonyl (C=O) groups is 1. The van der Waals surface area contributed by atoms with Gasteiger partial charge in [0.1, 0.15) is 0 Å². The van der Waals surface area contributed by atoms with E-state index in [4.69, 9.17) is 4.43 Å². The lowest BCUT2D eigenvalue weighted by Gasteiger charge is -2.36. The Bertz CT molecular complexity index is 424. The highest BCUT2D eigenvalue weighted by Crippen LogP contribution is 2.36. The van der Waals surface area contributed by atoms with Crippen molar-refractivity contribution in [2.24, 2.45) is 0 Å². The predicted molar refractivity (Wildman–Crippen MR) is 129 cm³/mol. The highest BCUT2D eigenvalue weighted by molar-refractivity contribution is 6.74. The summed E-state index contributed by atoms with van der Waals surface area (Å²) in [5, 5.41) is 0.323. The van der Waals surface area contributed by atoms with Crippen LogP contribution >= 0.6 is 0 Å². The molecular weight excluding hydrogens is 376 g/mol. The fourth-order valence-electron chi connectivity index (χ4n) is 3.01. The third-order valence-corrected chi connectivity index (χ3v) is 10.7. The Kier molecular flexibility index (Phi) is 16.7. The van der Waals surface area contributed by atoms with Crippen LogP contribution in [0.15, 0.2) is 12.2 Å². The summed E-state index contributed by atoms with van der Waals surface area (Å²) in [7, 11) is -0.0853. The van der Waals surface area contributed by atoms with Crippen LogP contribution in [0.3, 0.4) is 0 Å². The van der Waals surface area contributed by atoms with E-state index in [0.717, 1.165) is 19.4 Å². The van der Waals surface area contributed by atoms with Gasteiger partial charge in [0.2, 0.25) is 0 Å². The van der Waals surface area contributed by atoms with Crippen LogP contribution in [-0.4, -0.2) is 28.0 Å². The number of methoxy groups -OCH3 is 1. The van der Waals surface area contributed by atoms with Crippen LogP contribution in [0.4, 0.5) is 0 Å². The summed E-state index contributed by atoms with van der Waals surface area (Å²) in [6.45, 7) is 12.5. The molecule has 0 aromatic heterocycles. The smallest absolute Gasteiger partial charge is 0.305 e. The number of allylic oxidation sites excluding steroid dienone is 2. The van der Waals surface area contributed by atoms with Gasteiger partial charge in [0.25, 0.3) is 0 Å². The van der Waals surface area contributed by atoms with Crippen LogP contribution in [0.1, 0.15) is 111 Å². The first-order valence-corrected chi connectivity index (χ1v) is 15.0. The summed E-state index contributed by atoms with van der Waals surface area (Å²) in [4.78, 5) is 11.0. The third-order valence-electron chi connectivity index (χ3n) is 6.18. The molecule has 0 spiro atoms. The molecule has 0 saturated heterocycles. The highest BCUT2D eigenvalue weighted by Gasteiger charge is 2.36. The standard InChI is InChI=1S/C25H50O3Si/c1-25(2,3)29(5,6)28-23-21-19-17-15-13-11-9-7-8-10-12-14-16-18-20-22-24(26)27-4/h9,11H,7-8,10,12-23H2,1-6H3/b11-9+. The lowest BCUT2D eigenvalue weighted by Crippen LogP contribution is -2.40. The van der Waals surface area contributed by atoms with E-state index in [9.17, 15) is 4.79 Å². The van der Waals surface area contributed by atoms with Crippen molar-refractivity contribution in [3.05, 3.63) is 12.2 Å². The van der Waals surface area contributed by atoms with Crippen molar-refractivity contribution in [2.45, 2.75) is 129 Å². The maximum Gasteiger partial charge on any atom is 0.305 e. The first-order chi connectivity index (χ1) is 13.7. The molecule has 0 aliphatic carbocycles. The van der Waals surface area contributed by atoms with Gasteiger partial charge in [-0.25, -0.2) is 0 Å². The lowest BCUT2D eigenvalue weighted by atomic mass is 10.1. The van der Waals surface area contributed by atoms with Crippen molar-refractivity contribution >= 4 is 14.3 Å². The average molecular weight is 427 g/mol. The number of hydrogen-bond donors (Lipinski definition) is 0. The minimum atomic E-state index is -1.55. The van der Waals surface area contributed by atoms with E-state index >= 15 is 0 Å². The van der Waals surface area contributed by atoms with E-state index in [1.165, 1.54) is 77.7 Å². The maximum atomic E-state index is 11.0. The first kappa shape index (κ1) is 28.4. The molecule has 0 aromatic rings. The molecule has 0 unspecified atom stereocenters. The molecule has 4 heteroatoms. The van der Waals surface area contributed by atoms with Crippen molar-refractivity contribution < 1.29 is 14.0 Å². The molecule has 0 aromatic carbocycles. The molecule has 3 nitrogen and oxygen atoms in total. The van der Waals surface area contributed by atoms with Gasteiger partial charge < -0.3 is 9.16 Å². The number of hydrogen-bond acceptors (Lipinski definition) is 3. The number of unbranched alkanes of at least 4 members (excludes halogenated alkanes) is 11. The predicted octanol–water partition coefficient (Wildman–Crippen LogP) is 8.20. The summed E-state index contributed by atoms with van der Waals surface area (Å²) < 4.78 is 10.9. The van der Waals surface area contributed by atoms with Crippen LogP contribution in [0.25, 0.3) is 0 Å². The molecule has 0 rings (SSSR count). The van der Waals surface area contributed by atoms with Crippen LogP contribution in [0, 0.1) is 0 Å². The van der Waals surface area contributed by atoms with Gasteiger partial charge in [-0.05, 0) is 56.7 Å². The zero-order chi connectivity index (χ0) is 22.0. The molecule has 0 bridgehead atoms. The summed E-state index contributed by atoms with van der Waals surface area (Å²) in [6.07, 6.45) is 21.5. The normalized spacial score (nSPS) is 12.6. The van der Waals surface area contributed by atoms with E-state index in [2.05, 4.69) is 50.8 Å². The number of esters is 1. The van der Waals surface area contributed by atoms with Crippen LogP contribution in [0.2, 0.25) is 18.1 Å². The Morgan fingerprint density at radius 2 is 1.21 bits per heavy atom. The second-order valence-electron chi connectivity index (χ2n) is 9.87. The zero-order valence-corrected chi connectivity index (χ0v) is 21.5. The molecule has 0 atom stereocenters. The van der Waals surface area contributed by atoms with Crippen molar-refractivity contribution in [1.82, 2.24) is 0 Å². The summed E-state index contributed by atoms with van der Waals surface area (Å²) in [6, 6.07) is 0. The van der Waals surface area contributed by atoms with E-state index in [1.807, 2.05) is 0 Å². The Morgan fingerprint density at radius 3 is 1.69 bits per heavy atom. The Balaban J connectivity index is 3.32. The number of ether oxygens (including phenoxy) is 1. The highest BCUT2D eigenvalue weighted by atomic mass is 28.4. The van der Waals surface area contributed by atoms with Gasteiger partial charge in [0, 0.05) is 13.0 Å². The Hall–Kier alpha value is -0.613. The van der Waals surface area contributed by atoms with Gasteiger partial charge >= 0.3 is 5.97 Å². The minimum Gasteiger partial charge on any atom is -0.469 e. The second-order valence-corrected chi connectivity index (χ2v) is 14.7. The van der Waals surface area contributed by atoms with Crippen LogP contribution in [0.5, 0.6) is 0 Å². The van der Waals surface area contributed by atoms with Crippen molar-refractivity contribution in [3.8, 4) is 0 Å². The fourth-order valence-corrected chi connectivity index (χ4v) is 4.10. The van der Waals surface area contributed by atoms with Crippen molar-refractivity contribution in [1.29, 1.82) is 0 Å². The van der Waals surface area contributed by atoms with Gasteiger partial charge in [-0.3, -0.25) is 4.79 Å². The second kappa shape index (κ2) is 17.1. The SMILES string of the molecule is COC(=O)CCCCCCCCC/C=C/CCCCCCO[Si](C)(C)C(C)(C)C. The molecule has 0 saturated carbocycles. The van der Waals surface area contributed by atoms with Gasteiger partial charge in [0.05, 0.1) is 7.11 Å². The molecule has 0 aliphatic heterocycles. The third kappa shape index (κ3) is 16.8. The quantitative estimate of drug-likeness (QED) is 0.0958. The largest absolute Gasteiger partial charge is 0.469 e. The Labute approximate surface area is 183 Å². The minimum absolute atomic E-state index is 0.0764. The maximum absolute atomic E-state index is 11.0. The van der Waals surface area contributed by atoms with Crippen LogP contribution in [-0.2, 0) is 14.0 Å². The molecule has 0 aliphatic rings. The molecule has 0 radical (unpaired) electrons. The van der Waals surface area contributed by atoms with Gasteiger partial charge in [-0.15, -0.1) is 0 Å². The molecule has 0 amide bonds. The van der Waals surface area contributed by atoms with E-state index in [0.29, 0.717) is 11.5 Å². The molecule has 29 heavy (non-hydrogen) atoms. The average Bonchev–Trinajstić information content (AvgIpc) is 2.65. The topological polar surface area (TPSA) is 35.5 Å². The molecule has 0 heterocycles. The van der Waals surface area contributed by atoms with Gasteiger partial charge in [-0.2, -0.15) is 0 Å². The number of rotatable bonds is 18. The summed E-state index contributed by atoms with van der Waals surface area (Å²) in [5.74, 6) is -0.0764. The van der Waals surface area contributed by atoms with Crippen LogP contribution < -0.4 is 0 Å². The zero-order valence-electron chi connectivity index (χ0n) is 20.5. The molecular formula is C25H50O3Si. The fraction of sp³-hybridized carbons (Fsp3) is 0.880. The van der Waals surface area contributed by atoms with E-state index < -0.39 is 8.32 Å². The van der Waals surface area contributed by atoms with E-state index in [-0.39, 0.29) is 5.97 Å². The monoisotopic (exact) mass is 426 g/mol. The Morgan fingerprint density at radius 1 is 0.759 bits per heavy atom.